The molecule has 0 aliphatic carbocycles. The van der Waals surface area contributed by atoms with Gasteiger partial charge in [0.1, 0.15) is 0 Å². The first-order valence-electron chi connectivity index (χ1n) is 4.95. The van der Waals surface area contributed by atoms with Gasteiger partial charge in [-0.15, -0.1) is 0 Å². The lowest BCUT2D eigenvalue weighted by atomic mass is 10.1. The minimum absolute atomic E-state index is 0.347. The van der Waals surface area contributed by atoms with Crippen LogP contribution in [0.1, 0.15) is 18.1 Å². The Bertz CT molecular complexity index is 427. The summed E-state index contributed by atoms with van der Waals surface area (Å²) in [7, 11) is 0. The van der Waals surface area contributed by atoms with Crippen LogP contribution in [0.25, 0.3) is 6.08 Å². The van der Waals surface area contributed by atoms with Gasteiger partial charge in [-0.25, -0.2) is 4.79 Å². The van der Waals surface area contributed by atoms with Crippen LogP contribution in [0.5, 0.6) is 0 Å². The second-order valence-corrected chi connectivity index (χ2v) is 4.16. The third-order valence-corrected chi connectivity index (χ3v) is 2.92. The zero-order chi connectivity index (χ0) is 12.1. The van der Waals surface area contributed by atoms with Crippen LogP contribution in [0.15, 0.2) is 22.7 Å². The molecule has 0 radical (unpaired) electrons. The molecule has 0 heterocycles. The standard InChI is InChI=1S/C12H14BrNO2/c1-3-16-12(15)5-4-9-6-10(14)7-11(13)8(9)2/h4-7H,3,14H2,1-2H3/b5-4+. The first-order valence-corrected chi connectivity index (χ1v) is 5.74. The van der Waals surface area contributed by atoms with Crippen LogP contribution < -0.4 is 5.73 Å². The molecule has 0 unspecified atom stereocenters. The summed E-state index contributed by atoms with van der Waals surface area (Å²) in [5.74, 6) is -0.347. The molecule has 2 N–H and O–H groups in total. The Balaban J connectivity index is 2.93. The van der Waals surface area contributed by atoms with Gasteiger partial charge in [0.25, 0.3) is 0 Å². The summed E-state index contributed by atoms with van der Waals surface area (Å²) in [4.78, 5) is 11.1. The molecule has 0 aliphatic rings. The highest BCUT2D eigenvalue weighted by Crippen LogP contribution is 2.24. The van der Waals surface area contributed by atoms with Gasteiger partial charge >= 0.3 is 5.97 Å². The number of carbonyl (C=O) groups is 1. The molecule has 86 valence electrons. The van der Waals surface area contributed by atoms with E-state index in [1.54, 1.807) is 13.0 Å². The highest BCUT2D eigenvalue weighted by molar-refractivity contribution is 9.10. The molecule has 4 heteroatoms. The molecule has 0 amide bonds. The number of ether oxygens (including phenoxy) is 1. The van der Waals surface area contributed by atoms with E-state index in [0.29, 0.717) is 12.3 Å². The largest absolute Gasteiger partial charge is 0.463 e. The molecule has 0 saturated heterocycles. The molecule has 0 fully saturated rings. The molecule has 0 atom stereocenters. The van der Waals surface area contributed by atoms with Crippen LogP contribution in [0.2, 0.25) is 0 Å². The van der Waals surface area contributed by atoms with Crippen LogP contribution in [-0.4, -0.2) is 12.6 Å². The summed E-state index contributed by atoms with van der Waals surface area (Å²) in [6.07, 6.45) is 3.10. The van der Waals surface area contributed by atoms with Crippen molar-refractivity contribution in [2.24, 2.45) is 0 Å². The fraction of sp³-hybridized carbons (Fsp3) is 0.250. The van der Waals surface area contributed by atoms with Gasteiger partial charge in [0.05, 0.1) is 6.61 Å². The Morgan fingerprint density at radius 2 is 2.25 bits per heavy atom. The number of esters is 1. The van der Waals surface area contributed by atoms with E-state index in [1.165, 1.54) is 6.08 Å². The highest BCUT2D eigenvalue weighted by Gasteiger charge is 2.02. The average Bonchev–Trinajstić information content (AvgIpc) is 2.21. The quantitative estimate of drug-likeness (QED) is 0.527. The predicted octanol–water partition coefficient (Wildman–Crippen LogP) is 2.92. The Kier molecular flexibility index (Phi) is 4.55. The first-order chi connectivity index (χ1) is 7.54. The van der Waals surface area contributed by atoms with Crippen LogP contribution >= 0.6 is 15.9 Å². The first kappa shape index (κ1) is 12.8. The van der Waals surface area contributed by atoms with Gasteiger partial charge < -0.3 is 10.5 Å². The summed E-state index contributed by atoms with van der Waals surface area (Å²) in [6.45, 7) is 4.10. The number of nitrogens with two attached hydrogens (primary N) is 1. The van der Waals surface area contributed by atoms with E-state index < -0.39 is 0 Å². The lowest BCUT2D eigenvalue weighted by molar-refractivity contribution is -0.137. The molecule has 0 aliphatic heterocycles. The maximum absolute atomic E-state index is 11.1. The minimum Gasteiger partial charge on any atom is -0.463 e. The normalized spacial score (nSPS) is 10.7. The van der Waals surface area contributed by atoms with Gasteiger partial charge in [0.15, 0.2) is 0 Å². The third kappa shape index (κ3) is 3.38. The van der Waals surface area contributed by atoms with E-state index in [2.05, 4.69) is 15.9 Å². The van der Waals surface area contributed by atoms with Gasteiger partial charge in [0, 0.05) is 16.2 Å². The van der Waals surface area contributed by atoms with Crippen molar-refractivity contribution < 1.29 is 9.53 Å². The van der Waals surface area contributed by atoms with Gasteiger partial charge in [-0.3, -0.25) is 0 Å². The monoisotopic (exact) mass is 283 g/mol. The highest BCUT2D eigenvalue weighted by atomic mass is 79.9. The molecule has 1 aromatic carbocycles. The van der Waals surface area contributed by atoms with E-state index in [4.69, 9.17) is 10.5 Å². The van der Waals surface area contributed by atoms with E-state index in [-0.39, 0.29) is 5.97 Å². The SMILES string of the molecule is CCOC(=O)/C=C/c1cc(N)cc(Br)c1C. The molecule has 3 nitrogen and oxygen atoms in total. The number of rotatable bonds is 3. The maximum Gasteiger partial charge on any atom is 0.330 e. The van der Waals surface area contributed by atoms with Crippen molar-refractivity contribution in [3.8, 4) is 0 Å². The maximum atomic E-state index is 11.1. The Morgan fingerprint density at radius 1 is 1.56 bits per heavy atom. The van der Waals surface area contributed by atoms with E-state index in [0.717, 1.165) is 15.6 Å². The van der Waals surface area contributed by atoms with Crippen molar-refractivity contribution >= 4 is 33.7 Å². The van der Waals surface area contributed by atoms with Crippen molar-refractivity contribution in [3.63, 3.8) is 0 Å². The fourth-order valence-electron chi connectivity index (χ4n) is 1.24. The lowest BCUT2D eigenvalue weighted by Gasteiger charge is -2.05. The summed E-state index contributed by atoms with van der Waals surface area (Å²) < 4.78 is 5.72. The van der Waals surface area contributed by atoms with Crippen LogP contribution in [-0.2, 0) is 9.53 Å². The number of halogens is 1. The second kappa shape index (κ2) is 5.70. The van der Waals surface area contributed by atoms with Crippen molar-refractivity contribution in [2.75, 3.05) is 12.3 Å². The smallest absolute Gasteiger partial charge is 0.330 e. The van der Waals surface area contributed by atoms with Gasteiger partial charge in [-0.1, -0.05) is 15.9 Å². The number of hydrogen-bond donors (Lipinski definition) is 1. The van der Waals surface area contributed by atoms with Crippen molar-refractivity contribution in [1.82, 2.24) is 0 Å². The zero-order valence-electron chi connectivity index (χ0n) is 9.29. The minimum atomic E-state index is -0.347. The van der Waals surface area contributed by atoms with Crippen molar-refractivity contribution in [3.05, 3.63) is 33.8 Å². The molecular weight excluding hydrogens is 270 g/mol. The number of hydrogen-bond acceptors (Lipinski definition) is 3. The van der Waals surface area contributed by atoms with Gasteiger partial charge in [-0.05, 0) is 43.2 Å². The van der Waals surface area contributed by atoms with Crippen LogP contribution in [0, 0.1) is 6.92 Å². The molecule has 0 spiro atoms. The van der Waals surface area contributed by atoms with Gasteiger partial charge in [0.2, 0.25) is 0 Å². The summed E-state index contributed by atoms with van der Waals surface area (Å²) in [5.41, 5.74) is 8.31. The van der Waals surface area contributed by atoms with E-state index in [9.17, 15) is 4.79 Å². The summed E-state index contributed by atoms with van der Waals surface area (Å²) in [5, 5.41) is 0. The molecule has 0 saturated carbocycles. The van der Waals surface area contributed by atoms with Crippen LogP contribution in [0.3, 0.4) is 0 Å². The second-order valence-electron chi connectivity index (χ2n) is 3.30. The van der Waals surface area contributed by atoms with Crippen LogP contribution in [0.4, 0.5) is 5.69 Å². The Hall–Kier alpha value is -1.29. The molecule has 0 bridgehead atoms. The lowest BCUT2D eigenvalue weighted by Crippen LogP contribution is -1.99. The molecule has 0 aromatic heterocycles. The van der Waals surface area contributed by atoms with Crippen molar-refractivity contribution in [1.29, 1.82) is 0 Å². The van der Waals surface area contributed by atoms with E-state index in [1.807, 2.05) is 19.1 Å². The summed E-state index contributed by atoms with van der Waals surface area (Å²) in [6, 6.07) is 3.65. The Morgan fingerprint density at radius 3 is 2.88 bits per heavy atom. The zero-order valence-corrected chi connectivity index (χ0v) is 10.9. The van der Waals surface area contributed by atoms with E-state index >= 15 is 0 Å². The van der Waals surface area contributed by atoms with Crippen molar-refractivity contribution in [2.45, 2.75) is 13.8 Å². The topological polar surface area (TPSA) is 52.3 Å². The predicted molar refractivity (Wildman–Crippen MR) is 69.0 cm³/mol. The number of anilines is 1. The Labute approximate surface area is 103 Å². The fourth-order valence-corrected chi connectivity index (χ4v) is 1.74. The molecule has 16 heavy (non-hydrogen) atoms. The third-order valence-electron chi connectivity index (χ3n) is 2.09. The number of carbonyl (C=O) groups excluding carboxylic acids is 1. The molecule has 1 aromatic rings. The summed E-state index contributed by atoms with van der Waals surface area (Å²) >= 11 is 3.40. The number of benzene rings is 1. The molecule has 1 rings (SSSR count). The van der Waals surface area contributed by atoms with Gasteiger partial charge in [-0.2, -0.15) is 0 Å². The molecular formula is C12H14BrNO2. The average molecular weight is 284 g/mol. The number of nitrogen functional groups attached to an aromatic ring is 1.